The zero-order chi connectivity index (χ0) is 20.3. The van der Waals surface area contributed by atoms with Crippen LogP contribution >= 0.6 is 0 Å². The van der Waals surface area contributed by atoms with Crippen LogP contribution in [-0.2, 0) is 9.59 Å². The van der Waals surface area contributed by atoms with Crippen LogP contribution in [0.1, 0.15) is 12.5 Å². The highest BCUT2D eigenvalue weighted by atomic mass is 19.1. The predicted molar refractivity (Wildman–Crippen MR) is 99.6 cm³/mol. The fourth-order valence-corrected chi connectivity index (χ4v) is 2.70. The Morgan fingerprint density at radius 2 is 1.79 bits per heavy atom. The van der Waals surface area contributed by atoms with E-state index in [0.29, 0.717) is 23.7 Å². The molecule has 1 fully saturated rings. The van der Waals surface area contributed by atoms with E-state index < -0.39 is 23.7 Å². The number of imide groups is 2. The molecule has 1 N–H and O–H groups in total. The highest BCUT2D eigenvalue weighted by molar-refractivity contribution is 6.39. The summed E-state index contributed by atoms with van der Waals surface area (Å²) in [7, 11) is 1.47. The Labute approximate surface area is 160 Å². The van der Waals surface area contributed by atoms with Gasteiger partial charge in [-0.1, -0.05) is 6.07 Å². The number of anilines is 1. The maximum absolute atomic E-state index is 13.1. The molecular weight excluding hydrogens is 367 g/mol. The molecule has 8 heteroatoms. The lowest BCUT2D eigenvalue weighted by Gasteiger charge is -2.26. The molecule has 0 aromatic heterocycles. The van der Waals surface area contributed by atoms with Crippen LogP contribution in [0.4, 0.5) is 14.9 Å². The Kier molecular flexibility index (Phi) is 5.39. The van der Waals surface area contributed by atoms with Gasteiger partial charge in [0.1, 0.15) is 11.4 Å². The zero-order valence-electron chi connectivity index (χ0n) is 15.2. The summed E-state index contributed by atoms with van der Waals surface area (Å²) < 4.78 is 23.8. The molecule has 0 spiro atoms. The first-order valence-corrected chi connectivity index (χ1v) is 8.42. The minimum atomic E-state index is -0.900. The third kappa shape index (κ3) is 3.71. The molecule has 1 saturated heterocycles. The van der Waals surface area contributed by atoms with Crippen LogP contribution in [0.3, 0.4) is 0 Å². The van der Waals surface area contributed by atoms with Gasteiger partial charge in [-0.25, -0.2) is 14.1 Å². The monoisotopic (exact) mass is 384 g/mol. The number of nitrogens with zero attached hydrogens (tertiary/aromatic N) is 1. The molecule has 1 aliphatic heterocycles. The van der Waals surface area contributed by atoms with Crippen LogP contribution in [0.25, 0.3) is 6.08 Å². The first-order valence-electron chi connectivity index (χ1n) is 8.42. The first kappa shape index (κ1) is 19.1. The van der Waals surface area contributed by atoms with Crippen molar-refractivity contribution in [3.8, 4) is 11.5 Å². The van der Waals surface area contributed by atoms with Gasteiger partial charge in [0.15, 0.2) is 11.5 Å². The van der Waals surface area contributed by atoms with Crippen LogP contribution < -0.4 is 19.7 Å². The summed E-state index contributed by atoms with van der Waals surface area (Å²) >= 11 is 0. The zero-order valence-corrected chi connectivity index (χ0v) is 15.2. The predicted octanol–water partition coefficient (Wildman–Crippen LogP) is 2.90. The van der Waals surface area contributed by atoms with Gasteiger partial charge in [-0.2, -0.15) is 0 Å². The molecule has 28 heavy (non-hydrogen) atoms. The molecular formula is C20H17FN2O5. The molecule has 1 heterocycles. The highest BCUT2D eigenvalue weighted by Crippen LogP contribution is 2.29. The lowest BCUT2D eigenvalue weighted by atomic mass is 10.1. The number of rotatable bonds is 5. The van der Waals surface area contributed by atoms with E-state index in [2.05, 4.69) is 5.32 Å². The number of hydrogen-bond donors (Lipinski definition) is 1. The van der Waals surface area contributed by atoms with Crippen molar-refractivity contribution in [2.45, 2.75) is 6.92 Å². The van der Waals surface area contributed by atoms with Crippen LogP contribution in [0.15, 0.2) is 48.0 Å². The van der Waals surface area contributed by atoms with E-state index in [0.717, 1.165) is 17.0 Å². The number of carbonyl (C=O) groups is 3. The van der Waals surface area contributed by atoms with Crippen molar-refractivity contribution in [2.24, 2.45) is 0 Å². The number of methoxy groups -OCH3 is 1. The van der Waals surface area contributed by atoms with Gasteiger partial charge in [-0.15, -0.1) is 0 Å². The van der Waals surface area contributed by atoms with Crippen molar-refractivity contribution in [2.75, 3.05) is 18.6 Å². The Morgan fingerprint density at radius 1 is 1.07 bits per heavy atom. The number of urea groups is 1. The molecule has 0 atom stereocenters. The molecule has 2 aromatic rings. The molecule has 1 aliphatic rings. The van der Waals surface area contributed by atoms with Crippen LogP contribution in [0, 0.1) is 5.82 Å². The van der Waals surface area contributed by atoms with E-state index in [1.807, 2.05) is 6.92 Å². The van der Waals surface area contributed by atoms with Crippen molar-refractivity contribution in [3.05, 3.63) is 59.4 Å². The molecule has 144 valence electrons. The molecule has 0 bridgehead atoms. The number of nitrogens with one attached hydrogen (secondary N) is 1. The molecule has 7 nitrogen and oxygen atoms in total. The van der Waals surface area contributed by atoms with E-state index in [1.54, 1.807) is 18.2 Å². The number of benzene rings is 2. The molecule has 0 saturated carbocycles. The second-order valence-corrected chi connectivity index (χ2v) is 5.78. The fraction of sp³-hybridized carbons (Fsp3) is 0.150. The van der Waals surface area contributed by atoms with E-state index in [1.165, 1.54) is 25.3 Å². The summed E-state index contributed by atoms with van der Waals surface area (Å²) in [4.78, 5) is 37.9. The Bertz CT molecular complexity index is 969. The quantitative estimate of drug-likeness (QED) is 0.633. The van der Waals surface area contributed by atoms with E-state index in [-0.39, 0.29) is 11.3 Å². The third-order valence-electron chi connectivity index (χ3n) is 3.99. The number of barbiturate groups is 1. The van der Waals surface area contributed by atoms with E-state index >= 15 is 0 Å². The third-order valence-corrected chi connectivity index (χ3v) is 3.99. The minimum absolute atomic E-state index is 0.145. The van der Waals surface area contributed by atoms with Crippen LogP contribution in [0.5, 0.6) is 11.5 Å². The molecule has 4 amide bonds. The molecule has 0 radical (unpaired) electrons. The number of ether oxygens (including phenoxy) is 2. The molecule has 0 unspecified atom stereocenters. The lowest BCUT2D eigenvalue weighted by molar-refractivity contribution is -0.122. The van der Waals surface area contributed by atoms with Crippen LogP contribution in [-0.4, -0.2) is 31.6 Å². The average molecular weight is 384 g/mol. The summed E-state index contributed by atoms with van der Waals surface area (Å²) in [6, 6.07) is 8.81. The summed E-state index contributed by atoms with van der Waals surface area (Å²) in [6.07, 6.45) is 1.35. The van der Waals surface area contributed by atoms with Crippen molar-refractivity contribution in [3.63, 3.8) is 0 Å². The van der Waals surface area contributed by atoms with Crippen molar-refractivity contribution < 1.29 is 28.2 Å². The second kappa shape index (κ2) is 7.91. The largest absolute Gasteiger partial charge is 0.493 e. The van der Waals surface area contributed by atoms with Gasteiger partial charge in [0.05, 0.1) is 19.4 Å². The van der Waals surface area contributed by atoms with Gasteiger partial charge in [-0.05, 0) is 55.0 Å². The maximum atomic E-state index is 13.1. The number of carbonyl (C=O) groups excluding carboxylic acids is 3. The van der Waals surface area contributed by atoms with E-state index in [4.69, 9.17) is 9.47 Å². The van der Waals surface area contributed by atoms with E-state index in [9.17, 15) is 18.8 Å². The summed E-state index contributed by atoms with van der Waals surface area (Å²) in [6.45, 7) is 2.29. The standard InChI is InChI=1S/C20H17FN2O5/c1-3-28-16-9-4-12(11-17(16)27-2)10-15-18(24)22-20(26)23(19(15)25)14-7-5-13(21)6-8-14/h4-11H,3H2,1-2H3,(H,22,24,26)/b15-10-. The summed E-state index contributed by atoms with van der Waals surface area (Å²) in [5, 5.41) is 2.11. The summed E-state index contributed by atoms with van der Waals surface area (Å²) in [5.41, 5.74) is 0.411. The smallest absolute Gasteiger partial charge is 0.335 e. The van der Waals surface area contributed by atoms with Crippen molar-refractivity contribution >= 4 is 29.6 Å². The van der Waals surface area contributed by atoms with Crippen molar-refractivity contribution in [1.29, 1.82) is 0 Å². The average Bonchev–Trinajstić information content (AvgIpc) is 2.67. The normalized spacial score (nSPS) is 15.6. The van der Waals surface area contributed by atoms with Gasteiger partial charge in [0.25, 0.3) is 11.8 Å². The van der Waals surface area contributed by atoms with Gasteiger partial charge in [-0.3, -0.25) is 14.9 Å². The maximum Gasteiger partial charge on any atom is 0.335 e. The first-order chi connectivity index (χ1) is 13.4. The number of hydrogen-bond acceptors (Lipinski definition) is 5. The van der Waals surface area contributed by atoms with Gasteiger partial charge in [0.2, 0.25) is 0 Å². The summed E-state index contributed by atoms with van der Waals surface area (Å²) in [5.74, 6) is -1.18. The molecule has 0 aliphatic carbocycles. The Morgan fingerprint density at radius 3 is 2.43 bits per heavy atom. The van der Waals surface area contributed by atoms with Crippen molar-refractivity contribution in [1.82, 2.24) is 5.32 Å². The SMILES string of the molecule is CCOc1ccc(/C=C2/C(=O)NC(=O)N(c3ccc(F)cc3)C2=O)cc1OC. The topological polar surface area (TPSA) is 84.9 Å². The second-order valence-electron chi connectivity index (χ2n) is 5.78. The van der Waals surface area contributed by atoms with Crippen LogP contribution in [0.2, 0.25) is 0 Å². The Balaban J connectivity index is 1.98. The number of amides is 4. The highest BCUT2D eigenvalue weighted by Gasteiger charge is 2.36. The lowest BCUT2D eigenvalue weighted by Crippen LogP contribution is -2.54. The van der Waals surface area contributed by atoms with Gasteiger partial charge in [0, 0.05) is 0 Å². The van der Waals surface area contributed by atoms with Gasteiger partial charge < -0.3 is 9.47 Å². The fourth-order valence-electron chi connectivity index (χ4n) is 2.70. The molecule has 2 aromatic carbocycles. The minimum Gasteiger partial charge on any atom is -0.493 e. The molecule has 3 rings (SSSR count). The van der Waals surface area contributed by atoms with Gasteiger partial charge >= 0.3 is 6.03 Å². The Hall–Kier alpha value is -3.68. The number of halogens is 1.